The van der Waals surface area contributed by atoms with Crippen molar-refractivity contribution in [2.24, 2.45) is 7.05 Å². The summed E-state index contributed by atoms with van der Waals surface area (Å²) in [7, 11) is 2.83. The molecule has 1 aliphatic rings. The zero-order chi connectivity index (χ0) is 19.4. The highest BCUT2D eigenvalue weighted by Crippen LogP contribution is 2.52. The first-order valence-electron chi connectivity index (χ1n) is 8.00. The van der Waals surface area contributed by atoms with Gasteiger partial charge in [-0.05, 0) is 6.42 Å². The van der Waals surface area contributed by atoms with Crippen molar-refractivity contribution in [3.8, 4) is 5.88 Å². The van der Waals surface area contributed by atoms with Crippen molar-refractivity contribution >= 4 is 45.1 Å². The molecule has 4 unspecified atom stereocenters. The summed E-state index contributed by atoms with van der Waals surface area (Å²) in [4.78, 5) is 22.7. The van der Waals surface area contributed by atoms with Crippen molar-refractivity contribution in [3.05, 3.63) is 6.33 Å². The molecule has 0 bridgehead atoms. The fourth-order valence-electron chi connectivity index (χ4n) is 2.85. The van der Waals surface area contributed by atoms with E-state index in [1.165, 1.54) is 18.5 Å². The molecule has 150 valence electrons. The van der Waals surface area contributed by atoms with E-state index in [-0.39, 0.29) is 27.3 Å². The van der Waals surface area contributed by atoms with Crippen LogP contribution in [0.3, 0.4) is 0 Å². The number of fused-ring (bicyclic) bond motifs is 1. The van der Waals surface area contributed by atoms with Crippen LogP contribution < -0.4 is 15.0 Å². The van der Waals surface area contributed by atoms with E-state index in [1.807, 2.05) is 22.5 Å². The van der Waals surface area contributed by atoms with E-state index in [0.29, 0.717) is 17.3 Å². The number of anilines is 1. The van der Waals surface area contributed by atoms with Crippen molar-refractivity contribution in [1.29, 1.82) is 0 Å². The Morgan fingerprint density at radius 2 is 2.30 bits per heavy atom. The van der Waals surface area contributed by atoms with Crippen LogP contribution >= 0.6 is 28.0 Å². The molecular weight excluding hydrogens is 416 g/mol. The van der Waals surface area contributed by atoms with Crippen LogP contribution in [-0.2, 0) is 25.7 Å². The van der Waals surface area contributed by atoms with Crippen molar-refractivity contribution in [2.45, 2.75) is 25.2 Å². The lowest BCUT2D eigenvalue weighted by molar-refractivity contribution is -0.646. The molecule has 3 rings (SSSR count). The highest BCUT2D eigenvalue weighted by Gasteiger charge is 2.34. The summed E-state index contributed by atoms with van der Waals surface area (Å²) in [6, 6.07) is 0. The Bertz CT molecular complexity index is 783. The molecule has 3 N–H and O–H groups in total. The van der Waals surface area contributed by atoms with Gasteiger partial charge >= 0.3 is 0 Å². The minimum absolute atomic E-state index is 0.00346. The Morgan fingerprint density at radius 3 is 3.04 bits per heavy atom. The Labute approximate surface area is 163 Å². The van der Waals surface area contributed by atoms with Crippen LogP contribution in [0.15, 0.2) is 6.33 Å². The number of hydrogen-bond donors (Lipinski definition) is 2. The van der Waals surface area contributed by atoms with Crippen molar-refractivity contribution in [1.82, 2.24) is 14.5 Å². The van der Waals surface area contributed by atoms with Gasteiger partial charge < -0.3 is 20.1 Å². The lowest BCUT2D eigenvalue weighted by Gasteiger charge is -2.13. The zero-order valence-electron chi connectivity index (χ0n) is 15.1. The number of imidazole rings is 1. The van der Waals surface area contributed by atoms with Crippen LogP contribution in [0.25, 0.3) is 11.2 Å². The van der Waals surface area contributed by atoms with Gasteiger partial charge in [0.1, 0.15) is 0 Å². The van der Waals surface area contributed by atoms with Gasteiger partial charge in [-0.15, -0.1) is 0 Å². The van der Waals surface area contributed by atoms with Gasteiger partial charge in [0.25, 0.3) is 17.0 Å². The van der Waals surface area contributed by atoms with Gasteiger partial charge in [0.05, 0.1) is 27.4 Å². The maximum Gasteiger partial charge on any atom is 0.279 e. The molecule has 2 aromatic heterocycles. The first-order valence-corrected chi connectivity index (χ1v) is 11.6. The maximum atomic E-state index is 9.82. The van der Waals surface area contributed by atoms with Crippen molar-refractivity contribution < 1.29 is 32.8 Å². The number of nitrogen functional groups attached to an aromatic ring is 1. The second-order valence-electron chi connectivity index (χ2n) is 5.65. The summed E-state index contributed by atoms with van der Waals surface area (Å²) < 4.78 is 25.0. The van der Waals surface area contributed by atoms with E-state index < -0.39 is 7.58 Å². The highest BCUT2D eigenvalue weighted by atomic mass is 32.7. The minimum atomic E-state index is -1.63. The summed E-state index contributed by atoms with van der Waals surface area (Å²) in [6.07, 6.45) is 3.39. The average molecular weight is 438 g/mol. The third-order valence-corrected chi connectivity index (χ3v) is 7.62. The quantitative estimate of drug-likeness (QED) is 0.196. The molecule has 14 heteroatoms. The Morgan fingerprint density at radius 1 is 1.48 bits per heavy atom. The fraction of sp³-hybridized carbons (Fsp3) is 0.615. The standard InChI is InChI=1S/C13H22N5O6P2S/c1-17-7-18(11-10(17)12(20-2)16-13(14)15-11)9-5-4-8(22-9)6-27-26(19)24-25-23-21-3/h7-9,19,25H,4-6H2,1-3H3,(H2,14,15,16)/q+1. The SMILES string of the molecule is COOPOP(O)SCC1CCC(n2c[n+](C)c3c(OC)nc(N)nc32)O1. The summed E-state index contributed by atoms with van der Waals surface area (Å²) in [5.41, 5.74) is 7.22. The lowest BCUT2D eigenvalue weighted by Crippen LogP contribution is -2.26. The van der Waals surface area contributed by atoms with E-state index in [1.54, 1.807) is 7.11 Å². The molecule has 0 amide bonds. The van der Waals surface area contributed by atoms with Gasteiger partial charge in [-0.3, -0.25) is 4.31 Å². The van der Waals surface area contributed by atoms with Gasteiger partial charge in [0.15, 0.2) is 0 Å². The zero-order valence-corrected chi connectivity index (χ0v) is 17.8. The van der Waals surface area contributed by atoms with Crippen LogP contribution in [-0.4, -0.2) is 45.5 Å². The van der Waals surface area contributed by atoms with Crippen LogP contribution in [0.2, 0.25) is 0 Å². The van der Waals surface area contributed by atoms with E-state index in [9.17, 15) is 4.89 Å². The molecule has 11 nitrogen and oxygen atoms in total. The number of ether oxygens (including phenoxy) is 2. The molecule has 4 atom stereocenters. The normalized spacial score (nSPS) is 21.5. The second-order valence-corrected chi connectivity index (χ2v) is 9.49. The van der Waals surface area contributed by atoms with Crippen LogP contribution in [0.5, 0.6) is 5.88 Å². The maximum absolute atomic E-state index is 9.82. The van der Waals surface area contributed by atoms with E-state index >= 15 is 0 Å². The number of nitrogens with two attached hydrogens (primary N) is 1. The van der Waals surface area contributed by atoms with E-state index in [0.717, 1.165) is 18.4 Å². The average Bonchev–Trinajstić information content (AvgIpc) is 3.24. The van der Waals surface area contributed by atoms with Crippen LogP contribution in [0.4, 0.5) is 5.95 Å². The molecule has 3 heterocycles. The molecule has 1 aliphatic heterocycles. The van der Waals surface area contributed by atoms with Gasteiger partial charge in [-0.1, -0.05) is 11.4 Å². The molecule has 0 radical (unpaired) electrons. The first-order chi connectivity index (χ1) is 13.0. The first kappa shape index (κ1) is 20.9. The summed E-state index contributed by atoms with van der Waals surface area (Å²) >= 11 is 1.30. The molecule has 2 aromatic rings. The number of nitrogens with zero attached hydrogens (tertiary/aromatic N) is 4. The van der Waals surface area contributed by atoms with Crippen molar-refractivity contribution in [2.75, 3.05) is 25.7 Å². The van der Waals surface area contributed by atoms with Crippen LogP contribution in [0.1, 0.15) is 19.1 Å². The van der Waals surface area contributed by atoms with Gasteiger partial charge in [0.2, 0.25) is 35.1 Å². The molecule has 1 saturated heterocycles. The molecule has 27 heavy (non-hydrogen) atoms. The molecule has 0 aromatic carbocycles. The highest BCUT2D eigenvalue weighted by molar-refractivity contribution is 8.52. The van der Waals surface area contributed by atoms with Crippen LogP contribution in [0, 0.1) is 0 Å². The summed E-state index contributed by atoms with van der Waals surface area (Å²) in [5, 5.41) is 0. The number of aromatic nitrogens is 4. The topological polar surface area (TPSA) is 127 Å². The van der Waals surface area contributed by atoms with E-state index in [2.05, 4.69) is 19.5 Å². The summed E-state index contributed by atoms with van der Waals surface area (Å²) in [5.74, 6) is 1.18. The smallest absolute Gasteiger partial charge is 0.279 e. The third kappa shape index (κ3) is 4.96. The molecule has 0 aliphatic carbocycles. The molecular formula is C13H22N5O6P2S+. The predicted octanol–water partition coefficient (Wildman–Crippen LogP) is 1.58. The predicted molar refractivity (Wildman–Crippen MR) is 102 cm³/mol. The number of hydrogen-bond acceptors (Lipinski definition) is 10. The van der Waals surface area contributed by atoms with Gasteiger partial charge in [-0.25, -0.2) is 9.45 Å². The lowest BCUT2D eigenvalue weighted by atomic mass is 10.2. The van der Waals surface area contributed by atoms with Gasteiger partial charge in [0, 0.05) is 12.2 Å². The van der Waals surface area contributed by atoms with Crippen molar-refractivity contribution in [3.63, 3.8) is 0 Å². The molecule has 0 spiro atoms. The summed E-state index contributed by atoms with van der Waals surface area (Å²) in [6.45, 7) is 0. The van der Waals surface area contributed by atoms with E-state index in [4.69, 9.17) is 19.5 Å². The monoisotopic (exact) mass is 438 g/mol. The Hall–Kier alpha value is -0.840. The minimum Gasteiger partial charge on any atom is -0.478 e. The second kappa shape index (κ2) is 9.58. The fourth-order valence-corrected chi connectivity index (χ4v) is 5.67. The third-order valence-electron chi connectivity index (χ3n) is 3.94. The molecule has 1 fully saturated rings. The molecule has 0 saturated carbocycles. The largest absolute Gasteiger partial charge is 0.478 e. The number of rotatable bonds is 9. The Balaban J connectivity index is 1.64. The Kier molecular flexibility index (Phi) is 7.41. The number of aryl methyl sites for hydroxylation is 1. The van der Waals surface area contributed by atoms with Gasteiger partial charge in [-0.2, -0.15) is 19.2 Å². The number of methoxy groups -OCH3 is 1.